The fourth-order valence-corrected chi connectivity index (χ4v) is 1.72. The molecule has 0 bridgehead atoms. The third kappa shape index (κ3) is 7.80. The molecule has 0 spiro atoms. The Morgan fingerprint density at radius 1 is 1.00 bits per heavy atom. The monoisotopic (exact) mass is 217 g/mol. The molecule has 1 aliphatic heterocycles. The highest BCUT2D eigenvalue weighted by Crippen LogP contribution is 2.26. The summed E-state index contributed by atoms with van der Waals surface area (Å²) in [6.07, 6.45) is 2.28. The van der Waals surface area contributed by atoms with E-state index in [2.05, 4.69) is 11.9 Å². The van der Waals surface area contributed by atoms with E-state index in [4.69, 9.17) is 0 Å². The third-order valence-corrected chi connectivity index (χ3v) is 2.72. The van der Waals surface area contributed by atoms with Gasteiger partial charge >= 0.3 is 0 Å². The molecule has 1 N–H and O–H groups in total. The molecule has 94 valence electrons. The molecule has 1 rings (SSSR count). The van der Waals surface area contributed by atoms with Gasteiger partial charge in [-0.2, -0.15) is 0 Å². The van der Waals surface area contributed by atoms with Crippen molar-refractivity contribution in [3.8, 4) is 0 Å². The van der Waals surface area contributed by atoms with Crippen molar-refractivity contribution in [2.75, 3.05) is 20.1 Å². The maximum absolute atomic E-state index is 9.71. The summed E-state index contributed by atoms with van der Waals surface area (Å²) in [6, 6.07) is 0. The zero-order valence-corrected chi connectivity index (χ0v) is 11.8. The minimum absolute atomic E-state index is 0.471. The van der Waals surface area contributed by atoms with E-state index in [1.165, 1.54) is 0 Å². The molecule has 0 aromatic carbocycles. The SMILES string of the molecule is CC.CC.CN1CCC(C(C)(C)O)CC1. The van der Waals surface area contributed by atoms with Gasteiger partial charge < -0.3 is 10.0 Å². The molecule has 2 nitrogen and oxygen atoms in total. The zero-order valence-electron chi connectivity index (χ0n) is 11.8. The molecule has 1 saturated heterocycles. The Kier molecular flexibility index (Phi) is 10.6. The first-order valence-electron chi connectivity index (χ1n) is 6.41. The summed E-state index contributed by atoms with van der Waals surface area (Å²) in [4.78, 5) is 2.32. The fourth-order valence-electron chi connectivity index (χ4n) is 1.72. The predicted octanol–water partition coefficient (Wildman–Crippen LogP) is 3.15. The van der Waals surface area contributed by atoms with Crippen LogP contribution in [0.4, 0.5) is 0 Å². The van der Waals surface area contributed by atoms with Crippen molar-refractivity contribution in [3.63, 3.8) is 0 Å². The number of likely N-dealkylation sites (tertiary alicyclic amines) is 1. The van der Waals surface area contributed by atoms with Gasteiger partial charge in [-0.3, -0.25) is 0 Å². The summed E-state index contributed by atoms with van der Waals surface area (Å²) in [6.45, 7) is 14.1. The van der Waals surface area contributed by atoms with E-state index >= 15 is 0 Å². The Labute approximate surface area is 96.7 Å². The molecule has 0 aliphatic carbocycles. The molecular formula is C13H31NO. The van der Waals surface area contributed by atoms with E-state index < -0.39 is 5.60 Å². The molecule has 0 amide bonds. The van der Waals surface area contributed by atoms with Gasteiger partial charge in [-0.25, -0.2) is 0 Å². The molecule has 1 aliphatic rings. The van der Waals surface area contributed by atoms with E-state index in [0.717, 1.165) is 25.9 Å². The minimum Gasteiger partial charge on any atom is -0.390 e. The molecule has 1 fully saturated rings. The number of hydrogen-bond acceptors (Lipinski definition) is 2. The molecule has 1 heterocycles. The molecule has 0 unspecified atom stereocenters. The molecule has 0 aromatic heterocycles. The summed E-state index contributed by atoms with van der Waals surface area (Å²) in [5, 5.41) is 9.71. The average Bonchev–Trinajstić information content (AvgIpc) is 2.23. The fraction of sp³-hybridized carbons (Fsp3) is 1.00. The van der Waals surface area contributed by atoms with E-state index in [0.29, 0.717) is 5.92 Å². The summed E-state index contributed by atoms with van der Waals surface area (Å²) in [7, 11) is 2.14. The highest BCUT2D eigenvalue weighted by atomic mass is 16.3. The number of rotatable bonds is 1. The molecule has 0 radical (unpaired) electrons. The van der Waals surface area contributed by atoms with Gasteiger partial charge in [0, 0.05) is 0 Å². The van der Waals surface area contributed by atoms with Gasteiger partial charge in [0.15, 0.2) is 0 Å². The van der Waals surface area contributed by atoms with Crippen molar-refractivity contribution in [2.24, 2.45) is 5.92 Å². The molecule has 2 heteroatoms. The van der Waals surface area contributed by atoms with Crippen LogP contribution in [0.15, 0.2) is 0 Å². The average molecular weight is 217 g/mol. The van der Waals surface area contributed by atoms with Crippen LogP contribution in [0.5, 0.6) is 0 Å². The predicted molar refractivity (Wildman–Crippen MR) is 69.2 cm³/mol. The highest BCUT2D eigenvalue weighted by Gasteiger charge is 2.29. The lowest BCUT2D eigenvalue weighted by atomic mass is 9.83. The molecule has 0 atom stereocenters. The van der Waals surface area contributed by atoms with Gasteiger partial charge in [0.05, 0.1) is 5.60 Å². The number of piperidine rings is 1. The van der Waals surface area contributed by atoms with Gasteiger partial charge in [0.2, 0.25) is 0 Å². The zero-order chi connectivity index (χ0) is 12.5. The normalized spacial score (nSPS) is 18.4. The highest BCUT2D eigenvalue weighted by molar-refractivity contribution is 4.81. The first-order chi connectivity index (χ1) is 7.00. The van der Waals surface area contributed by atoms with Crippen LogP contribution in [0.25, 0.3) is 0 Å². The van der Waals surface area contributed by atoms with E-state index in [1.807, 2.05) is 41.5 Å². The van der Waals surface area contributed by atoms with Crippen molar-refractivity contribution in [1.82, 2.24) is 4.90 Å². The first-order valence-corrected chi connectivity index (χ1v) is 6.41. The van der Waals surface area contributed by atoms with Gasteiger partial charge in [-0.1, -0.05) is 27.7 Å². The van der Waals surface area contributed by atoms with E-state index in [9.17, 15) is 5.11 Å². The molecule has 0 aromatic rings. The molecular weight excluding hydrogens is 186 g/mol. The minimum atomic E-state index is -0.471. The Morgan fingerprint density at radius 2 is 1.33 bits per heavy atom. The van der Waals surface area contributed by atoms with Crippen LogP contribution in [0, 0.1) is 5.92 Å². The standard InChI is InChI=1S/C9H19NO.2C2H6/c1-9(2,11)8-4-6-10(3)7-5-8;2*1-2/h8,11H,4-7H2,1-3H3;2*1-2H3. The quantitative estimate of drug-likeness (QED) is 0.729. The van der Waals surface area contributed by atoms with Crippen LogP contribution in [-0.2, 0) is 0 Å². The van der Waals surface area contributed by atoms with Crippen molar-refractivity contribution in [2.45, 2.75) is 60.0 Å². The van der Waals surface area contributed by atoms with Gasteiger partial charge in [0.25, 0.3) is 0 Å². The van der Waals surface area contributed by atoms with Gasteiger partial charge in [-0.05, 0) is 52.7 Å². The Morgan fingerprint density at radius 3 is 1.60 bits per heavy atom. The summed E-state index contributed by atoms with van der Waals surface area (Å²) >= 11 is 0. The van der Waals surface area contributed by atoms with Crippen LogP contribution in [-0.4, -0.2) is 35.7 Å². The van der Waals surface area contributed by atoms with Crippen LogP contribution in [0.2, 0.25) is 0 Å². The largest absolute Gasteiger partial charge is 0.390 e. The van der Waals surface area contributed by atoms with Crippen molar-refractivity contribution in [3.05, 3.63) is 0 Å². The van der Waals surface area contributed by atoms with Crippen molar-refractivity contribution < 1.29 is 5.11 Å². The second-order valence-corrected chi connectivity index (χ2v) is 4.23. The lowest BCUT2D eigenvalue weighted by Crippen LogP contribution is -2.40. The first kappa shape index (κ1) is 17.3. The van der Waals surface area contributed by atoms with Gasteiger partial charge in [-0.15, -0.1) is 0 Å². The maximum Gasteiger partial charge on any atom is 0.0620 e. The lowest BCUT2D eigenvalue weighted by Gasteiger charge is -2.36. The molecule has 15 heavy (non-hydrogen) atoms. The maximum atomic E-state index is 9.71. The van der Waals surface area contributed by atoms with Crippen LogP contribution >= 0.6 is 0 Å². The number of nitrogens with zero attached hydrogens (tertiary/aromatic N) is 1. The smallest absolute Gasteiger partial charge is 0.0620 e. The van der Waals surface area contributed by atoms with Crippen LogP contribution in [0.1, 0.15) is 54.4 Å². The van der Waals surface area contributed by atoms with E-state index in [-0.39, 0.29) is 0 Å². The van der Waals surface area contributed by atoms with Crippen molar-refractivity contribution in [1.29, 1.82) is 0 Å². The van der Waals surface area contributed by atoms with Crippen LogP contribution in [0.3, 0.4) is 0 Å². The summed E-state index contributed by atoms with van der Waals surface area (Å²) in [5.41, 5.74) is -0.471. The Hall–Kier alpha value is -0.0800. The second kappa shape index (κ2) is 9.17. The number of hydrogen-bond donors (Lipinski definition) is 1. The topological polar surface area (TPSA) is 23.5 Å². The second-order valence-electron chi connectivity index (χ2n) is 4.23. The van der Waals surface area contributed by atoms with Gasteiger partial charge in [0.1, 0.15) is 0 Å². The Balaban J connectivity index is 0. The van der Waals surface area contributed by atoms with E-state index in [1.54, 1.807) is 0 Å². The summed E-state index contributed by atoms with van der Waals surface area (Å²) in [5.74, 6) is 0.499. The Bertz CT molecular complexity index is 121. The summed E-state index contributed by atoms with van der Waals surface area (Å²) < 4.78 is 0. The molecule has 0 saturated carbocycles. The van der Waals surface area contributed by atoms with Crippen LogP contribution < -0.4 is 0 Å². The lowest BCUT2D eigenvalue weighted by molar-refractivity contribution is -0.00924. The number of aliphatic hydroxyl groups is 1. The van der Waals surface area contributed by atoms with Crippen molar-refractivity contribution >= 4 is 0 Å². The third-order valence-electron chi connectivity index (χ3n) is 2.72.